The first-order valence-corrected chi connectivity index (χ1v) is 6.95. The zero-order valence-electron chi connectivity index (χ0n) is 11.9. The highest BCUT2D eigenvalue weighted by Gasteiger charge is 2.14. The zero-order valence-corrected chi connectivity index (χ0v) is 11.9. The SMILES string of the molecule is CCc1nc(C(=O)NC(C)CCc2ccccc2)n[nH]1. The summed E-state index contributed by atoms with van der Waals surface area (Å²) in [7, 11) is 0. The molecule has 5 nitrogen and oxygen atoms in total. The molecule has 1 aromatic carbocycles. The quantitative estimate of drug-likeness (QED) is 0.846. The van der Waals surface area contributed by atoms with Crippen molar-refractivity contribution < 1.29 is 4.79 Å². The van der Waals surface area contributed by atoms with Crippen LogP contribution in [0.4, 0.5) is 0 Å². The molecule has 0 aliphatic carbocycles. The Balaban J connectivity index is 1.82. The maximum absolute atomic E-state index is 11.9. The van der Waals surface area contributed by atoms with Crippen LogP contribution >= 0.6 is 0 Å². The van der Waals surface area contributed by atoms with Crippen LogP contribution in [0.15, 0.2) is 30.3 Å². The number of rotatable bonds is 6. The number of H-pyrrole nitrogens is 1. The maximum atomic E-state index is 11.9. The number of amides is 1. The second-order valence-corrected chi connectivity index (χ2v) is 4.86. The van der Waals surface area contributed by atoms with E-state index in [9.17, 15) is 4.79 Å². The van der Waals surface area contributed by atoms with Crippen molar-refractivity contribution in [3.05, 3.63) is 47.5 Å². The fourth-order valence-corrected chi connectivity index (χ4v) is 1.94. The van der Waals surface area contributed by atoms with E-state index in [1.807, 2.05) is 32.0 Å². The fraction of sp³-hybridized carbons (Fsp3) is 0.400. The van der Waals surface area contributed by atoms with Gasteiger partial charge in [-0.1, -0.05) is 37.3 Å². The Hall–Kier alpha value is -2.17. The number of aromatic amines is 1. The van der Waals surface area contributed by atoms with Gasteiger partial charge >= 0.3 is 0 Å². The van der Waals surface area contributed by atoms with Gasteiger partial charge < -0.3 is 5.32 Å². The normalized spacial score (nSPS) is 12.1. The largest absolute Gasteiger partial charge is 0.347 e. The van der Waals surface area contributed by atoms with E-state index in [1.165, 1.54) is 5.56 Å². The summed E-state index contributed by atoms with van der Waals surface area (Å²) >= 11 is 0. The first-order chi connectivity index (χ1) is 9.69. The summed E-state index contributed by atoms with van der Waals surface area (Å²) < 4.78 is 0. The number of benzene rings is 1. The van der Waals surface area contributed by atoms with E-state index >= 15 is 0 Å². The van der Waals surface area contributed by atoms with Crippen LogP contribution in [0.3, 0.4) is 0 Å². The van der Waals surface area contributed by atoms with E-state index in [4.69, 9.17) is 0 Å². The lowest BCUT2D eigenvalue weighted by Crippen LogP contribution is -2.33. The summed E-state index contributed by atoms with van der Waals surface area (Å²) in [6, 6.07) is 10.3. The highest BCUT2D eigenvalue weighted by molar-refractivity contribution is 5.90. The Morgan fingerprint density at radius 3 is 2.75 bits per heavy atom. The van der Waals surface area contributed by atoms with Crippen molar-refractivity contribution in [1.82, 2.24) is 20.5 Å². The van der Waals surface area contributed by atoms with Gasteiger partial charge in [-0.3, -0.25) is 9.89 Å². The Kier molecular flexibility index (Phi) is 4.87. The van der Waals surface area contributed by atoms with E-state index < -0.39 is 0 Å². The first kappa shape index (κ1) is 14.2. The van der Waals surface area contributed by atoms with Crippen LogP contribution in [0.1, 0.15) is 42.3 Å². The average Bonchev–Trinajstić information content (AvgIpc) is 2.95. The molecule has 20 heavy (non-hydrogen) atoms. The van der Waals surface area contributed by atoms with Gasteiger partial charge in [0.15, 0.2) is 0 Å². The summed E-state index contributed by atoms with van der Waals surface area (Å²) in [6.45, 7) is 3.96. The molecular formula is C15H20N4O. The number of aryl methyl sites for hydroxylation is 2. The first-order valence-electron chi connectivity index (χ1n) is 6.95. The molecule has 0 aliphatic rings. The molecule has 106 valence electrons. The number of aromatic nitrogens is 3. The number of nitrogens with zero attached hydrogens (tertiary/aromatic N) is 2. The summed E-state index contributed by atoms with van der Waals surface area (Å²) in [5.41, 5.74) is 1.28. The molecule has 2 N–H and O–H groups in total. The molecule has 0 spiro atoms. The third-order valence-electron chi connectivity index (χ3n) is 3.16. The van der Waals surface area contributed by atoms with Gasteiger partial charge in [0.2, 0.25) is 5.82 Å². The van der Waals surface area contributed by atoms with Gasteiger partial charge in [0.1, 0.15) is 5.82 Å². The zero-order chi connectivity index (χ0) is 14.4. The molecule has 0 radical (unpaired) electrons. The van der Waals surface area contributed by atoms with Crippen molar-refractivity contribution in [1.29, 1.82) is 0 Å². The number of nitrogens with one attached hydrogen (secondary N) is 2. The third kappa shape index (κ3) is 3.91. The minimum atomic E-state index is -0.221. The Morgan fingerprint density at radius 2 is 2.10 bits per heavy atom. The molecule has 1 heterocycles. The molecule has 1 atom stereocenters. The second kappa shape index (κ2) is 6.84. The molecule has 2 rings (SSSR count). The van der Waals surface area contributed by atoms with Crippen LogP contribution in [0, 0.1) is 0 Å². The highest BCUT2D eigenvalue weighted by Crippen LogP contribution is 2.05. The van der Waals surface area contributed by atoms with E-state index in [-0.39, 0.29) is 17.8 Å². The molecule has 1 amide bonds. The van der Waals surface area contributed by atoms with E-state index in [1.54, 1.807) is 0 Å². The van der Waals surface area contributed by atoms with Crippen molar-refractivity contribution in [2.45, 2.75) is 39.2 Å². The number of carbonyl (C=O) groups is 1. The van der Waals surface area contributed by atoms with Gasteiger partial charge in [0.25, 0.3) is 5.91 Å². The molecule has 0 saturated heterocycles. The van der Waals surface area contributed by atoms with E-state index in [2.05, 4.69) is 32.6 Å². The summed E-state index contributed by atoms with van der Waals surface area (Å²) in [5.74, 6) is 0.724. The smallest absolute Gasteiger partial charge is 0.291 e. The predicted molar refractivity (Wildman–Crippen MR) is 77.5 cm³/mol. The standard InChI is InChI=1S/C15H20N4O/c1-3-13-17-14(19-18-13)15(20)16-11(2)9-10-12-7-5-4-6-8-12/h4-8,11H,3,9-10H2,1-2H3,(H,16,20)(H,17,18,19). The van der Waals surface area contributed by atoms with Crippen molar-refractivity contribution in [3.8, 4) is 0 Å². The van der Waals surface area contributed by atoms with Crippen LogP contribution in [0.25, 0.3) is 0 Å². The lowest BCUT2D eigenvalue weighted by Gasteiger charge is -2.12. The minimum Gasteiger partial charge on any atom is -0.347 e. The monoisotopic (exact) mass is 272 g/mol. The molecule has 0 saturated carbocycles. The van der Waals surface area contributed by atoms with Gasteiger partial charge in [-0.25, -0.2) is 4.98 Å². The second-order valence-electron chi connectivity index (χ2n) is 4.86. The van der Waals surface area contributed by atoms with Crippen molar-refractivity contribution in [2.75, 3.05) is 0 Å². The van der Waals surface area contributed by atoms with Gasteiger partial charge in [-0.05, 0) is 25.3 Å². The van der Waals surface area contributed by atoms with Crippen LogP contribution in [0.2, 0.25) is 0 Å². The van der Waals surface area contributed by atoms with E-state index in [0.29, 0.717) is 0 Å². The molecule has 1 aromatic heterocycles. The van der Waals surface area contributed by atoms with Gasteiger partial charge in [-0.2, -0.15) is 0 Å². The molecule has 0 fully saturated rings. The van der Waals surface area contributed by atoms with Crippen molar-refractivity contribution in [2.24, 2.45) is 0 Å². The van der Waals surface area contributed by atoms with Crippen molar-refractivity contribution >= 4 is 5.91 Å². The summed E-state index contributed by atoms with van der Waals surface area (Å²) in [5, 5.41) is 9.58. The van der Waals surface area contributed by atoms with Gasteiger partial charge in [0, 0.05) is 12.5 Å². The number of carbonyl (C=O) groups excluding carboxylic acids is 1. The van der Waals surface area contributed by atoms with Crippen molar-refractivity contribution in [3.63, 3.8) is 0 Å². The van der Waals surface area contributed by atoms with Crippen LogP contribution in [-0.2, 0) is 12.8 Å². The number of hydrogen-bond donors (Lipinski definition) is 2. The molecular weight excluding hydrogens is 252 g/mol. The molecule has 5 heteroatoms. The lowest BCUT2D eigenvalue weighted by atomic mass is 10.1. The summed E-state index contributed by atoms with van der Waals surface area (Å²) in [4.78, 5) is 16.1. The molecule has 1 unspecified atom stereocenters. The Bertz CT molecular complexity index is 550. The number of hydrogen-bond acceptors (Lipinski definition) is 3. The highest BCUT2D eigenvalue weighted by atomic mass is 16.2. The molecule has 2 aromatic rings. The summed E-state index contributed by atoms with van der Waals surface area (Å²) in [6.07, 6.45) is 2.57. The average molecular weight is 272 g/mol. The minimum absolute atomic E-state index is 0.0892. The van der Waals surface area contributed by atoms with Crippen LogP contribution in [0.5, 0.6) is 0 Å². The van der Waals surface area contributed by atoms with Crippen LogP contribution in [-0.4, -0.2) is 27.1 Å². The molecule has 0 bridgehead atoms. The molecule has 0 aliphatic heterocycles. The lowest BCUT2D eigenvalue weighted by molar-refractivity contribution is 0.0928. The maximum Gasteiger partial charge on any atom is 0.291 e. The van der Waals surface area contributed by atoms with Crippen LogP contribution < -0.4 is 5.32 Å². The van der Waals surface area contributed by atoms with Gasteiger partial charge in [-0.15, -0.1) is 5.10 Å². The topological polar surface area (TPSA) is 70.7 Å². The fourth-order valence-electron chi connectivity index (χ4n) is 1.94. The Morgan fingerprint density at radius 1 is 1.35 bits per heavy atom. The predicted octanol–water partition coefficient (Wildman–Crippen LogP) is 2.12. The third-order valence-corrected chi connectivity index (χ3v) is 3.16. The van der Waals surface area contributed by atoms with E-state index in [0.717, 1.165) is 25.1 Å². The van der Waals surface area contributed by atoms with Gasteiger partial charge in [0.05, 0.1) is 0 Å². The Labute approximate surface area is 118 Å².